The highest BCUT2D eigenvalue weighted by atomic mass is 16.4. The molecule has 0 bridgehead atoms. The minimum Gasteiger partial charge on any atom is -0.409 e. The number of nitrogens with one attached hydrogen (secondary N) is 1. The molecule has 1 rings (SSSR count). The predicted molar refractivity (Wildman–Crippen MR) is 61.9 cm³/mol. The molecule has 5 heteroatoms. The molecule has 0 aromatic carbocycles. The van der Waals surface area contributed by atoms with Gasteiger partial charge in [0.25, 0.3) is 0 Å². The van der Waals surface area contributed by atoms with E-state index < -0.39 is 0 Å². The molecule has 0 aliphatic heterocycles. The molecule has 16 heavy (non-hydrogen) atoms. The lowest BCUT2D eigenvalue weighted by molar-refractivity contribution is 0.318. The molecule has 0 unspecified atom stereocenters. The van der Waals surface area contributed by atoms with Crippen LogP contribution in [0, 0.1) is 11.8 Å². The molecule has 0 spiro atoms. The van der Waals surface area contributed by atoms with Gasteiger partial charge >= 0.3 is 0 Å². The standard InChI is InChI=1S/C11H14N4O/c1-2-3-6-13-8-9-5-4-7-14-10(9)11(12)15-16/h4-5,7,13,16H,6,8H2,1H3,(H2,12,15). The van der Waals surface area contributed by atoms with Crippen LogP contribution in [0.3, 0.4) is 0 Å². The highest BCUT2D eigenvalue weighted by Crippen LogP contribution is 2.04. The van der Waals surface area contributed by atoms with Gasteiger partial charge in [0.1, 0.15) is 5.69 Å². The fourth-order valence-corrected chi connectivity index (χ4v) is 1.21. The highest BCUT2D eigenvalue weighted by molar-refractivity contribution is 5.96. The van der Waals surface area contributed by atoms with Gasteiger partial charge in [0.15, 0.2) is 5.84 Å². The van der Waals surface area contributed by atoms with Gasteiger partial charge < -0.3 is 16.3 Å². The maximum Gasteiger partial charge on any atom is 0.189 e. The lowest BCUT2D eigenvalue weighted by atomic mass is 10.2. The monoisotopic (exact) mass is 218 g/mol. The summed E-state index contributed by atoms with van der Waals surface area (Å²) >= 11 is 0. The molecule has 1 heterocycles. The number of rotatable bonds is 4. The molecular weight excluding hydrogens is 204 g/mol. The number of hydrogen-bond donors (Lipinski definition) is 3. The first-order valence-electron chi connectivity index (χ1n) is 4.81. The zero-order valence-corrected chi connectivity index (χ0v) is 9.07. The summed E-state index contributed by atoms with van der Waals surface area (Å²) in [5.41, 5.74) is 6.87. The number of oxime groups is 1. The van der Waals surface area contributed by atoms with Crippen molar-refractivity contribution < 1.29 is 5.21 Å². The molecule has 0 aliphatic rings. The Balaban J connectivity index is 2.74. The molecule has 1 aromatic heterocycles. The van der Waals surface area contributed by atoms with Gasteiger partial charge in [-0.15, -0.1) is 5.92 Å². The normalized spacial score (nSPS) is 10.7. The van der Waals surface area contributed by atoms with Crippen LogP contribution in [0.15, 0.2) is 23.5 Å². The van der Waals surface area contributed by atoms with Crippen LogP contribution in [-0.4, -0.2) is 22.6 Å². The van der Waals surface area contributed by atoms with Crippen molar-refractivity contribution >= 4 is 5.84 Å². The van der Waals surface area contributed by atoms with E-state index in [1.807, 2.05) is 6.07 Å². The molecule has 1 aromatic rings. The Bertz CT molecular complexity index is 431. The SMILES string of the molecule is CC#CCNCc1cccnc1/C(N)=N/O. The van der Waals surface area contributed by atoms with Crippen molar-refractivity contribution in [1.82, 2.24) is 10.3 Å². The minimum atomic E-state index is 0.0129. The summed E-state index contributed by atoms with van der Waals surface area (Å²) in [6, 6.07) is 3.67. The third kappa shape index (κ3) is 3.26. The minimum absolute atomic E-state index is 0.0129. The van der Waals surface area contributed by atoms with Gasteiger partial charge in [-0.2, -0.15) is 0 Å². The molecule has 0 amide bonds. The van der Waals surface area contributed by atoms with Crippen molar-refractivity contribution in [2.24, 2.45) is 10.9 Å². The van der Waals surface area contributed by atoms with E-state index >= 15 is 0 Å². The average molecular weight is 218 g/mol. The van der Waals surface area contributed by atoms with Crippen LogP contribution >= 0.6 is 0 Å². The quantitative estimate of drug-likeness (QED) is 0.169. The second-order valence-electron chi connectivity index (χ2n) is 3.03. The average Bonchev–Trinajstić information content (AvgIpc) is 2.34. The van der Waals surface area contributed by atoms with Gasteiger partial charge in [-0.3, -0.25) is 4.98 Å². The van der Waals surface area contributed by atoms with Gasteiger partial charge in [0, 0.05) is 12.7 Å². The van der Waals surface area contributed by atoms with Crippen molar-refractivity contribution in [2.75, 3.05) is 6.54 Å². The van der Waals surface area contributed by atoms with E-state index in [2.05, 4.69) is 27.3 Å². The topological polar surface area (TPSA) is 83.5 Å². The van der Waals surface area contributed by atoms with Crippen LogP contribution in [0.1, 0.15) is 18.2 Å². The van der Waals surface area contributed by atoms with Gasteiger partial charge in [-0.05, 0) is 18.6 Å². The van der Waals surface area contributed by atoms with E-state index in [9.17, 15) is 0 Å². The van der Waals surface area contributed by atoms with E-state index in [-0.39, 0.29) is 5.84 Å². The lowest BCUT2D eigenvalue weighted by Crippen LogP contribution is -2.21. The Morgan fingerprint density at radius 2 is 2.50 bits per heavy atom. The molecule has 0 atom stereocenters. The molecule has 0 saturated carbocycles. The maximum absolute atomic E-state index is 8.60. The summed E-state index contributed by atoms with van der Waals surface area (Å²) in [7, 11) is 0. The summed E-state index contributed by atoms with van der Waals surface area (Å²) < 4.78 is 0. The Labute approximate surface area is 94.4 Å². The van der Waals surface area contributed by atoms with Gasteiger partial charge in [-0.1, -0.05) is 17.1 Å². The van der Waals surface area contributed by atoms with E-state index in [4.69, 9.17) is 10.9 Å². The zero-order valence-electron chi connectivity index (χ0n) is 9.07. The first-order valence-corrected chi connectivity index (χ1v) is 4.81. The van der Waals surface area contributed by atoms with Crippen LogP contribution in [0.25, 0.3) is 0 Å². The fourth-order valence-electron chi connectivity index (χ4n) is 1.21. The van der Waals surface area contributed by atoms with Crippen LogP contribution in [0.2, 0.25) is 0 Å². The van der Waals surface area contributed by atoms with E-state index in [1.54, 1.807) is 19.2 Å². The molecule has 0 aliphatic carbocycles. The smallest absolute Gasteiger partial charge is 0.189 e. The number of nitrogens with two attached hydrogens (primary N) is 1. The van der Waals surface area contributed by atoms with E-state index in [0.717, 1.165) is 5.56 Å². The van der Waals surface area contributed by atoms with Gasteiger partial charge in [0.05, 0.1) is 6.54 Å². The van der Waals surface area contributed by atoms with Crippen molar-refractivity contribution in [1.29, 1.82) is 0 Å². The molecule has 4 N–H and O–H groups in total. The number of pyridine rings is 1. The molecule has 0 radical (unpaired) electrons. The largest absolute Gasteiger partial charge is 0.409 e. The maximum atomic E-state index is 8.60. The van der Waals surface area contributed by atoms with Crippen molar-refractivity contribution in [2.45, 2.75) is 13.5 Å². The van der Waals surface area contributed by atoms with Crippen LogP contribution in [-0.2, 0) is 6.54 Å². The number of hydrogen-bond acceptors (Lipinski definition) is 4. The van der Waals surface area contributed by atoms with Gasteiger partial charge in [0.2, 0.25) is 0 Å². The predicted octanol–water partition coefficient (Wildman–Crippen LogP) is 0.289. The molecule has 0 fully saturated rings. The first-order chi connectivity index (χ1) is 7.79. The van der Waals surface area contributed by atoms with Crippen molar-refractivity contribution in [3.05, 3.63) is 29.6 Å². The Morgan fingerprint density at radius 1 is 1.69 bits per heavy atom. The van der Waals surface area contributed by atoms with Crippen molar-refractivity contribution in [3.63, 3.8) is 0 Å². The van der Waals surface area contributed by atoms with Crippen molar-refractivity contribution in [3.8, 4) is 11.8 Å². The number of aromatic nitrogens is 1. The Kier molecular flexibility index (Phi) is 4.83. The second kappa shape index (κ2) is 6.43. The third-order valence-corrected chi connectivity index (χ3v) is 1.95. The second-order valence-corrected chi connectivity index (χ2v) is 3.03. The molecule has 84 valence electrons. The summed E-state index contributed by atoms with van der Waals surface area (Å²) in [6.45, 7) is 2.96. The third-order valence-electron chi connectivity index (χ3n) is 1.95. The van der Waals surface area contributed by atoms with Crippen LogP contribution < -0.4 is 11.1 Å². The summed E-state index contributed by atoms with van der Waals surface area (Å²) in [5, 5.41) is 14.7. The van der Waals surface area contributed by atoms with Crippen LogP contribution in [0.4, 0.5) is 0 Å². The fraction of sp³-hybridized carbons (Fsp3) is 0.273. The zero-order chi connectivity index (χ0) is 11.8. The molecule has 0 saturated heterocycles. The molecule has 5 nitrogen and oxygen atoms in total. The van der Waals surface area contributed by atoms with E-state index in [0.29, 0.717) is 18.8 Å². The highest BCUT2D eigenvalue weighted by Gasteiger charge is 2.06. The Morgan fingerprint density at radius 3 is 3.19 bits per heavy atom. The lowest BCUT2D eigenvalue weighted by Gasteiger charge is -2.06. The summed E-state index contributed by atoms with van der Waals surface area (Å²) in [4.78, 5) is 4.06. The van der Waals surface area contributed by atoms with Crippen LogP contribution in [0.5, 0.6) is 0 Å². The van der Waals surface area contributed by atoms with Gasteiger partial charge in [-0.25, -0.2) is 0 Å². The summed E-state index contributed by atoms with van der Waals surface area (Å²) in [5.74, 6) is 5.69. The number of nitrogens with zero attached hydrogens (tertiary/aromatic N) is 2. The first kappa shape index (κ1) is 12.0. The number of amidine groups is 1. The Hall–Kier alpha value is -2.06. The van der Waals surface area contributed by atoms with E-state index in [1.165, 1.54) is 0 Å². The summed E-state index contributed by atoms with van der Waals surface area (Å²) in [6.07, 6.45) is 1.60. The molecular formula is C11H14N4O.